The lowest BCUT2D eigenvalue weighted by Crippen LogP contribution is -2.41. The Balaban J connectivity index is 1.98. The monoisotopic (exact) mass is 318 g/mol. The molecule has 0 aliphatic carbocycles. The molecule has 6 heteroatoms. The van der Waals surface area contributed by atoms with E-state index in [2.05, 4.69) is 10.3 Å². The summed E-state index contributed by atoms with van der Waals surface area (Å²) in [6.45, 7) is 1.88. The van der Waals surface area contributed by atoms with Crippen LogP contribution in [0.15, 0.2) is 35.7 Å². The first-order valence-corrected chi connectivity index (χ1v) is 8.00. The Morgan fingerprint density at radius 1 is 1.32 bits per heavy atom. The minimum Gasteiger partial charge on any atom is -0.480 e. The van der Waals surface area contributed by atoms with E-state index in [0.29, 0.717) is 18.5 Å². The van der Waals surface area contributed by atoms with E-state index in [1.807, 2.05) is 42.6 Å². The van der Waals surface area contributed by atoms with Crippen LogP contribution in [0.4, 0.5) is 0 Å². The quantitative estimate of drug-likeness (QED) is 0.822. The molecule has 1 aromatic carbocycles. The molecule has 2 aromatic rings. The molecule has 0 saturated carbocycles. The van der Waals surface area contributed by atoms with Gasteiger partial charge in [-0.2, -0.15) is 0 Å². The predicted octanol–water partition coefficient (Wildman–Crippen LogP) is 2.72. The number of nitrogens with one attached hydrogen (secondary N) is 1. The standard InChI is InChI=1S/C16H18N2O3S/c1-2-6-13(16(20)21)18-14(19)9-12-10-22-15(17-12)11-7-4-3-5-8-11/h3-5,7-8,10,13H,2,6,9H2,1H3,(H,18,19)(H,20,21). The zero-order valence-electron chi connectivity index (χ0n) is 12.3. The highest BCUT2D eigenvalue weighted by atomic mass is 32.1. The molecule has 2 N–H and O–H groups in total. The molecule has 2 rings (SSSR count). The first-order chi connectivity index (χ1) is 10.6. The van der Waals surface area contributed by atoms with Crippen LogP contribution < -0.4 is 5.32 Å². The maximum absolute atomic E-state index is 11.9. The number of hydrogen-bond donors (Lipinski definition) is 2. The van der Waals surface area contributed by atoms with Crippen molar-refractivity contribution in [2.75, 3.05) is 0 Å². The molecule has 5 nitrogen and oxygen atoms in total. The van der Waals surface area contributed by atoms with Gasteiger partial charge in [0.05, 0.1) is 12.1 Å². The minimum absolute atomic E-state index is 0.0941. The average Bonchev–Trinajstić information content (AvgIpc) is 2.96. The van der Waals surface area contributed by atoms with Gasteiger partial charge in [-0.05, 0) is 6.42 Å². The molecule has 0 saturated heterocycles. The van der Waals surface area contributed by atoms with Crippen molar-refractivity contribution >= 4 is 23.2 Å². The van der Waals surface area contributed by atoms with Crippen LogP contribution in [0.25, 0.3) is 10.6 Å². The van der Waals surface area contributed by atoms with Gasteiger partial charge < -0.3 is 10.4 Å². The van der Waals surface area contributed by atoms with Crippen LogP contribution in [-0.2, 0) is 16.0 Å². The molecule has 0 radical (unpaired) electrons. The summed E-state index contributed by atoms with van der Waals surface area (Å²) < 4.78 is 0. The fourth-order valence-corrected chi connectivity index (χ4v) is 2.88. The second kappa shape index (κ2) is 7.70. The van der Waals surface area contributed by atoms with Crippen molar-refractivity contribution in [3.8, 4) is 10.6 Å². The molecule has 0 aliphatic heterocycles. The van der Waals surface area contributed by atoms with Gasteiger partial charge in [-0.1, -0.05) is 43.7 Å². The molecule has 1 aromatic heterocycles. The van der Waals surface area contributed by atoms with Crippen LogP contribution in [0.2, 0.25) is 0 Å². The first-order valence-electron chi connectivity index (χ1n) is 7.12. The summed E-state index contributed by atoms with van der Waals surface area (Å²) in [5, 5.41) is 14.3. The summed E-state index contributed by atoms with van der Waals surface area (Å²) in [5.41, 5.74) is 1.66. The smallest absolute Gasteiger partial charge is 0.326 e. The van der Waals surface area contributed by atoms with Crippen molar-refractivity contribution in [2.45, 2.75) is 32.2 Å². The number of carboxylic acids is 1. The Hall–Kier alpha value is -2.21. The van der Waals surface area contributed by atoms with Crippen LogP contribution >= 0.6 is 11.3 Å². The number of carboxylic acid groups (broad SMARTS) is 1. The van der Waals surface area contributed by atoms with Gasteiger partial charge in [-0.25, -0.2) is 9.78 Å². The zero-order chi connectivity index (χ0) is 15.9. The van der Waals surface area contributed by atoms with Crippen LogP contribution in [0, 0.1) is 0 Å². The highest BCUT2D eigenvalue weighted by Gasteiger charge is 2.19. The van der Waals surface area contributed by atoms with Crippen molar-refractivity contribution < 1.29 is 14.7 Å². The van der Waals surface area contributed by atoms with E-state index in [4.69, 9.17) is 5.11 Å². The average molecular weight is 318 g/mol. The highest BCUT2D eigenvalue weighted by molar-refractivity contribution is 7.13. The Morgan fingerprint density at radius 3 is 2.68 bits per heavy atom. The van der Waals surface area contributed by atoms with Crippen LogP contribution in [0.5, 0.6) is 0 Å². The third-order valence-corrected chi connectivity index (χ3v) is 4.07. The predicted molar refractivity (Wildman–Crippen MR) is 85.7 cm³/mol. The van der Waals surface area contributed by atoms with Gasteiger partial charge >= 0.3 is 5.97 Å². The summed E-state index contributed by atoms with van der Waals surface area (Å²) in [4.78, 5) is 27.4. The van der Waals surface area contributed by atoms with Crippen LogP contribution in [0.1, 0.15) is 25.5 Å². The normalized spacial score (nSPS) is 11.9. The molecule has 0 aliphatic rings. The fraction of sp³-hybridized carbons (Fsp3) is 0.312. The number of carbonyl (C=O) groups is 2. The SMILES string of the molecule is CCCC(NC(=O)Cc1csc(-c2ccccc2)n1)C(=O)O. The second-order valence-corrected chi connectivity index (χ2v) is 5.79. The van der Waals surface area contributed by atoms with Crippen molar-refractivity contribution in [3.05, 3.63) is 41.4 Å². The number of aromatic nitrogens is 1. The lowest BCUT2D eigenvalue weighted by Gasteiger charge is -2.12. The van der Waals surface area contributed by atoms with E-state index >= 15 is 0 Å². The molecule has 0 fully saturated rings. The lowest BCUT2D eigenvalue weighted by atomic mass is 10.1. The maximum atomic E-state index is 11.9. The van der Waals surface area contributed by atoms with Gasteiger partial charge in [0.2, 0.25) is 5.91 Å². The molecule has 1 atom stereocenters. The van der Waals surface area contributed by atoms with Gasteiger partial charge in [0.25, 0.3) is 0 Å². The number of nitrogens with zero attached hydrogens (tertiary/aromatic N) is 1. The highest BCUT2D eigenvalue weighted by Crippen LogP contribution is 2.23. The topological polar surface area (TPSA) is 79.3 Å². The fourth-order valence-electron chi connectivity index (χ4n) is 2.06. The molecule has 22 heavy (non-hydrogen) atoms. The second-order valence-electron chi connectivity index (χ2n) is 4.93. The largest absolute Gasteiger partial charge is 0.480 e. The van der Waals surface area contributed by atoms with Gasteiger partial charge in [-0.3, -0.25) is 4.79 Å². The summed E-state index contributed by atoms with van der Waals surface area (Å²) in [7, 11) is 0. The van der Waals surface area contributed by atoms with Gasteiger partial charge in [-0.15, -0.1) is 11.3 Å². The van der Waals surface area contributed by atoms with E-state index in [1.54, 1.807) is 0 Å². The number of hydrogen-bond acceptors (Lipinski definition) is 4. The molecule has 1 unspecified atom stereocenters. The molecule has 1 amide bonds. The number of benzene rings is 1. The number of carbonyl (C=O) groups excluding carboxylic acids is 1. The zero-order valence-corrected chi connectivity index (χ0v) is 13.1. The number of thiazole rings is 1. The van der Waals surface area contributed by atoms with Crippen molar-refractivity contribution in [2.24, 2.45) is 0 Å². The van der Waals surface area contributed by atoms with Gasteiger partial charge in [0.1, 0.15) is 11.0 Å². The van der Waals surface area contributed by atoms with Gasteiger partial charge in [0, 0.05) is 10.9 Å². The molecule has 1 heterocycles. The van der Waals surface area contributed by atoms with Crippen LogP contribution in [-0.4, -0.2) is 28.0 Å². The Kier molecular flexibility index (Phi) is 5.66. The van der Waals surface area contributed by atoms with E-state index < -0.39 is 12.0 Å². The van der Waals surface area contributed by atoms with Crippen molar-refractivity contribution in [1.82, 2.24) is 10.3 Å². The number of amides is 1. The third kappa shape index (κ3) is 4.39. The third-order valence-electron chi connectivity index (χ3n) is 3.12. The van der Waals surface area contributed by atoms with E-state index in [-0.39, 0.29) is 12.3 Å². The Labute approximate surface area is 133 Å². The number of rotatable bonds is 7. The van der Waals surface area contributed by atoms with Gasteiger partial charge in [0.15, 0.2) is 0 Å². The molecular weight excluding hydrogens is 300 g/mol. The van der Waals surface area contributed by atoms with E-state index in [9.17, 15) is 9.59 Å². The first kappa shape index (κ1) is 16.2. The lowest BCUT2D eigenvalue weighted by molar-refractivity contribution is -0.141. The van der Waals surface area contributed by atoms with Crippen LogP contribution in [0.3, 0.4) is 0 Å². The maximum Gasteiger partial charge on any atom is 0.326 e. The molecule has 0 bridgehead atoms. The summed E-state index contributed by atoms with van der Waals surface area (Å²) >= 11 is 1.47. The van der Waals surface area contributed by atoms with E-state index in [0.717, 1.165) is 10.6 Å². The molecule has 0 spiro atoms. The van der Waals surface area contributed by atoms with Crippen molar-refractivity contribution in [1.29, 1.82) is 0 Å². The summed E-state index contributed by atoms with van der Waals surface area (Å²) in [6.07, 6.45) is 1.22. The number of aliphatic carboxylic acids is 1. The van der Waals surface area contributed by atoms with E-state index in [1.165, 1.54) is 11.3 Å². The minimum atomic E-state index is -1.00. The Morgan fingerprint density at radius 2 is 2.05 bits per heavy atom. The molecular formula is C16H18N2O3S. The molecule has 116 valence electrons. The summed E-state index contributed by atoms with van der Waals surface area (Å²) in [6, 6.07) is 8.90. The van der Waals surface area contributed by atoms with Crippen molar-refractivity contribution in [3.63, 3.8) is 0 Å². The summed E-state index contributed by atoms with van der Waals surface area (Å²) in [5.74, 6) is -1.32. The Bertz CT molecular complexity index is 640.